The molecule has 0 radical (unpaired) electrons. The predicted octanol–water partition coefficient (Wildman–Crippen LogP) is 4.77. The van der Waals surface area contributed by atoms with E-state index < -0.39 is 5.60 Å². The molecule has 1 aliphatic carbocycles. The van der Waals surface area contributed by atoms with Crippen LogP contribution in [0.1, 0.15) is 67.6 Å². The quantitative estimate of drug-likeness (QED) is 0.565. The number of amides is 1. The van der Waals surface area contributed by atoms with Crippen LogP contribution < -0.4 is 4.90 Å². The summed E-state index contributed by atoms with van der Waals surface area (Å²) in [5, 5.41) is 0. The summed E-state index contributed by atoms with van der Waals surface area (Å²) >= 11 is 3.42. The molecule has 1 aromatic heterocycles. The highest BCUT2D eigenvalue weighted by Gasteiger charge is 2.39. The Labute approximate surface area is 197 Å². The van der Waals surface area contributed by atoms with Gasteiger partial charge in [0.2, 0.25) is 0 Å². The summed E-state index contributed by atoms with van der Waals surface area (Å²) in [4.78, 5) is 38.7. The van der Waals surface area contributed by atoms with Crippen LogP contribution in [-0.2, 0) is 4.74 Å². The zero-order valence-corrected chi connectivity index (χ0v) is 20.6. The summed E-state index contributed by atoms with van der Waals surface area (Å²) in [7, 11) is 0. The fourth-order valence-corrected chi connectivity index (χ4v) is 4.72. The number of hydrogen-bond donors (Lipinski definition) is 0. The van der Waals surface area contributed by atoms with Gasteiger partial charge in [0, 0.05) is 41.8 Å². The number of hydrogen-bond acceptors (Lipinski definition) is 6. The van der Waals surface area contributed by atoms with Gasteiger partial charge in [-0.1, -0.05) is 35.0 Å². The summed E-state index contributed by atoms with van der Waals surface area (Å²) in [6.45, 7) is 10.2. The van der Waals surface area contributed by atoms with Crippen LogP contribution in [0, 0.1) is 0 Å². The highest BCUT2D eigenvalue weighted by atomic mass is 79.9. The van der Waals surface area contributed by atoms with Crippen LogP contribution in [0.4, 0.5) is 10.6 Å². The average molecular weight is 501 g/mol. The fraction of sp³-hybridized carbons (Fsp3) is 0.500. The molecule has 0 unspecified atom stereocenters. The normalized spacial score (nSPS) is 20.8. The molecule has 0 N–H and O–H groups in total. The first-order valence-corrected chi connectivity index (χ1v) is 11.8. The second kappa shape index (κ2) is 8.81. The van der Waals surface area contributed by atoms with Crippen molar-refractivity contribution >= 4 is 33.6 Å². The zero-order chi connectivity index (χ0) is 23.0. The van der Waals surface area contributed by atoms with Gasteiger partial charge in [0.1, 0.15) is 17.7 Å². The molecule has 8 heteroatoms. The SMILES string of the molecule is C[C@@H]1C[C@@H](C(=O)c2ccc(Br)cc2)c2ncnc(N3CCN(C(=O)OC(C)(C)C)CC3)c21. The minimum absolute atomic E-state index is 0.0995. The van der Waals surface area contributed by atoms with Crippen molar-refractivity contribution in [3.05, 3.63) is 51.9 Å². The molecule has 0 spiro atoms. The number of aromatic nitrogens is 2. The van der Waals surface area contributed by atoms with Gasteiger partial charge in [-0.2, -0.15) is 0 Å². The predicted molar refractivity (Wildman–Crippen MR) is 126 cm³/mol. The highest BCUT2D eigenvalue weighted by Crippen LogP contribution is 2.45. The van der Waals surface area contributed by atoms with E-state index in [4.69, 9.17) is 4.74 Å². The summed E-state index contributed by atoms with van der Waals surface area (Å²) in [5.74, 6) is 0.917. The first-order valence-electron chi connectivity index (χ1n) is 11.0. The third kappa shape index (κ3) is 4.65. The Morgan fingerprint density at radius 3 is 2.34 bits per heavy atom. The van der Waals surface area contributed by atoms with Crippen molar-refractivity contribution in [3.63, 3.8) is 0 Å². The van der Waals surface area contributed by atoms with Crippen LogP contribution in [0.15, 0.2) is 35.1 Å². The van der Waals surface area contributed by atoms with Crippen LogP contribution in [0.5, 0.6) is 0 Å². The molecule has 7 nitrogen and oxygen atoms in total. The molecule has 170 valence electrons. The number of ether oxygens (including phenoxy) is 1. The van der Waals surface area contributed by atoms with E-state index in [0.29, 0.717) is 31.7 Å². The molecule has 1 fully saturated rings. The first-order chi connectivity index (χ1) is 15.1. The fourth-order valence-electron chi connectivity index (χ4n) is 4.46. The lowest BCUT2D eigenvalue weighted by Gasteiger charge is -2.37. The lowest BCUT2D eigenvalue weighted by molar-refractivity contribution is 0.0240. The zero-order valence-electron chi connectivity index (χ0n) is 19.0. The second-order valence-corrected chi connectivity index (χ2v) is 10.4. The van der Waals surface area contributed by atoms with Gasteiger partial charge in [-0.15, -0.1) is 0 Å². The summed E-state index contributed by atoms with van der Waals surface area (Å²) in [6, 6.07) is 7.49. The third-order valence-electron chi connectivity index (χ3n) is 5.98. The minimum Gasteiger partial charge on any atom is -0.444 e. The van der Waals surface area contributed by atoms with E-state index in [2.05, 4.69) is 37.7 Å². The maximum atomic E-state index is 13.2. The molecule has 0 bridgehead atoms. The van der Waals surface area contributed by atoms with Crippen LogP contribution in [0.25, 0.3) is 0 Å². The van der Waals surface area contributed by atoms with E-state index in [1.165, 1.54) is 0 Å². The van der Waals surface area contributed by atoms with Crippen molar-refractivity contribution < 1.29 is 14.3 Å². The Morgan fingerprint density at radius 2 is 1.72 bits per heavy atom. The monoisotopic (exact) mass is 500 g/mol. The lowest BCUT2D eigenvalue weighted by atomic mass is 9.94. The topological polar surface area (TPSA) is 75.6 Å². The Balaban J connectivity index is 1.52. The van der Waals surface area contributed by atoms with Crippen LogP contribution in [0.3, 0.4) is 0 Å². The summed E-state index contributed by atoms with van der Waals surface area (Å²) in [6.07, 6.45) is 2.01. The largest absolute Gasteiger partial charge is 0.444 e. The van der Waals surface area contributed by atoms with Crippen molar-refractivity contribution in [2.45, 2.75) is 51.6 Å². The van der Waals surface area contributed by atoms with Crippen molar-refractivity contribution in [3.8, 4) is 0 Å². The first kappa shape index (κ1) is 22.7. The van der Waals surface area contributed by atoms with E-state index in [1.807, 2.05) is 45.0 Å². The highest BCUT2D eigenvalue weighted by molar-refractivity contribution is 9.10. The molecule has 2 heterocycles. The number of nitrogens with zero attached hydrogens (tertiary/aromatic N) is 4. The van der Waals surface area contributed by atoms with Crippen LogP contribution >= 0.6 is 15.9 Å². The Hall–Kier alpha value is -2.48. The molecular formula is C24H29BrN4O3. The molecule has 32 heavy (non-hydrogen) atoms. The van der Waals surface area contributed by atoms with Gasteiger partial charge in [0.05, 0.1) is 11.6 Å². The van der Waals surface area contributed by atoms with Crippen LogP contribution in [-0.4, -0.2) is 58.5 Å². The number of halogens is 1. The molecule has 0 saturated carbocycles. The third-order valence-corrected chi connectivity index (χ3v) is 6.51. The molecule has 1 amide bonds. The number of anilines is 1. The number of fused-ring (bicyclic) bond motifs is 1. The Kier molecular flexibility index (Phi) is 6.25. The number of carbonyl (C=O) groups excluding carboxylic acids is 2. The molecule has 2 aromatic rings. The standard InChI is InChI=1S/C24H29BrN4O3/c1-15-13-18(21(30)16-5-7-17(25)8-6-16)20-19(15)22(27-14-26-20)28-9-11-29(12-10-28)23(31)32-24(2,3)4/h5-8,14-15,18H,9-13H2,1-4H3/t15-,18-/m1/s1. The molecule has 2 aliphatic rings. The number of piperazine rings is 1. The van der Waals surface area contributed by atoms with Gasteiger partial charge >= 0.3 is 6.09 Å². The van der Waals surface area contributed by atoms with Crippen LogP contribution in [0.2, 0.25) is 0 Å². The summed E-state index contributed by atoms with van der Waals surface area (Å²) in [5.41, 5.74) is 2.09. The van der Waals surface area contributed by atoms with Gasteiger partial charge < -0.3 is 14.5 Å². The number of carbonyl (C=O) groups is 2. The Morgan fingerprint density at radius 1 is 1.06 bits per heavy atom. The van der Waals surface area contributed by atoms with Gasteiger partial charge in [-0.3, -0.25) is 4.79 Å². The maximum absolute atomic E-state index is 13.2. The van der Waals surface area contributed by atoms with Crippen molar-refractivity contribution in [1.29, 1.82) is 0 Å². The molecule has 1 saturated heterocycles. The lowest BCUT2D eigenvalue weighted by Crippen LogP contribution is -2.50. The molecule has 2 atom stereocenters. The van der Waals surface area contributed by atoms with Gasteiger partial charge in [-0.25, -0.2) is 14.8 Å². The van der Waals surface area contributed by atoms with E-state index in [-0.39, 0.29) is 23.7 Å². The van der Waals surface area contributed by atoms with Gasteiger partial charge in [0.15, 0.2) is 5.78 Å². The van der Waals surface area contributed by atoms with Crippen molar-refractivity contribution in [1.82, 2.24) is 14.9 Å². The van der Waals surface area contributed by atoms with E-state index >= 15 is 0 Å². The van der Waals surface area contributed by atoms with Gasteiger partial charge in [-0.05, 0) is 45.2 Å². The molecule has 4 rings (SSSR count). The van der Waals surface area contributed by atoms with Crippen molar-refractivity contribution in [2.75, 3.05) is 31.1 Å². The average Bonchev–Trinajstić information content (AvgIpc) is 3.09. The summed E-state index contributed by atoms with van der Waals surface area (Å²) < 4.78 is 6.45. The number of Topliss-reactive ketones (excluding diaryl/α,β-unsaturated/α-hetero) is 1. The maximum Gasteiger partial charge on any atom is 0.410 e. The smallest absolute Gasteiger partial charge is 0.410 e. The molecule has 1 aliphatic heterocycles. The second-order valence-electron chi connectivity index (χ2n) is 9.51. The van der Waals surface area contributed by atoms with E-state index in [0.717, 1.165) is 28.0 Å². The minimum atomic E-state index is -0.506. The van der Waals surface area contributed by atoms with E-state index in [9.17, 15) is 9.59 Å². The number of rotatable bonds is 3. The van der Waals surface area contributed by atoms with E-state index in [1.54, 1.807) is 11.2 Å². The number of ketones is 1. The Bertz CT molecular complexity index is 1010. The number of benzene rings is 1. The molecular weight excluding hydrogens is 472 g/mol. The van der Waals surface area contributed by atoms with Gasteiger partial charge in [0.25, 0.3) is 0 Å². The van der Waals surface area contributed by atoms with Crippen molar-refractivity contribution in [2.24, 2.45) is 0 Å². The molecule has 1 aromatic carbocycles.